The number of hydrogen-bond donors (Lipinski definition) is 2. The summed E-state index contributed by atoms with van der Waals surface area (Å²) in [5.74, 6) is -3.29. The van der Waals surface area contributed by atoms with Gasteiger partial charge in [0.1, 0.15) is 0 Å². The number of aryl methyl sites for hydroxylation is 1. The van der Waals surface area contributed by atoms with Crippen LogP contribution in [0.1, 0.15) is 44.6 Å². The molecule has 0 aliphatic carbocycles. The van der Waals surface area contributed by atoms with Gasteiger partial charge in [0.2, 0.25) is 10.0 Å². The smallest absolute Gasteiger partial charge is 0.369 e. The zero-order chi connectivity index (χ0) is 26.6. The highest BCUT2D eigenvalue weighted by atomic mass is 35.5. The number of anilines is 1. The second kappa shape index (κ2) is 12.6. The Kier molecular flexibility index (Phi) is 10.6. The van der Waals surface area contributed by atoms with E-state index in [4.69, 9.17) is 0 Å². The Labute approximate surface area is 221 Å². The number of sulfonamides is 1. The summed E-state index contributed by atoms with van der Waals surface area (Å²) < 4.78 is 64.5. The summed E-state index contributed by atoms with van der Waals surface area (Å²) in [6.45, 7) is 1.89. The largest absolute Gasteiger partial charge is 0.471 e. The summed E-state index contributed by atoms with van der Waals surface area (Å²) in [6, 6.07) is 8.12. The molecule has 1 aromatic carbocycles. The van der Waals surface area contributed by atoms with E-state index in [0.717, 1.165) is 29.3 Å². The molecule has 0 saturated carbocycles. The molecule has 2 N–H and O–H groups in total. The molecule has 3 rings (SSSR count). The number of carbonyl (C=O) groups excluding carboxylic acids is 2. The number of piperidine rings is 1. The third-order valence-electron chi connectivity index (χ3n) is 7.06. The molecule has 0 radical (unpaired) electrons. The number of amides is 2. The molecule has 14 heteroatoms. The number of carbonyl (C=O) groups is 2. The average molecular weight is 571 g/mol. The van der Waals surface area contributed by atoms with E-state index in [2.05, 4.69) is 19.1 Å². The molecule has 2 aliphatic heterocycles. The predicted molar refractivity (Wildman–Crippen MR) is 134 cm³/mol. The molecule has 9 nitrogen and oxygen atoms in total. The summed E-state index contributed by atoms with van der Waals surface area (Å²) in [4.78, 5) is 26.6. The molecule has 0 atom stereocenters. The van der Waals surface area contributed by atoms with E-state index in [0.29, 0.717) is 18.0 Å². The fourth-order valence-corrected chi connectivity index (χ4v) is 6.96. The number of nitrogens with one attached hydrogen (secondary N) is 1. The quantitative estimate of drug-likeness (QED) is 0.283. The minimum Gasteiger partial charge on any atom is -0.369 e. The van der Waals surface area contributed by atoms with Gasteiger partial charge < -0.3 is 9.80 Å². The summed E-state index contributed by atoms with van der Waals surface area (Å²) >= 11 is 0. The Morgan fingerprint density at radius 3 is 2.05 bits per heavy atom. The van der Waals surface area contributed by atoms with Crippen LogP contribution < -0.4 is 10.4 Å². The van der Waals surface area contributed by atoms with Crippen molar-refractivity contribution in [3.8, 4) is 0 Å². The lowest BCUT2D eigenvalue weighted by Gasteiger charge is -2.44. The maximum absolute atomic E-state index is 13.6. The number of unbranched alkanes of at least 4 members (excludes halogenated alkanes) is 2. The monoisotopic (exact) mass is 570 g/mol. The summed E-state index contributed by atoms with van der Waals surface area (Å²) in [5.41, 5.74) is 3.56. The molecule has 0 unspecified atom stereocenters. The molecule has 210 valence electrons. The molecule has 0 spiro atoms. The van der Waals surface area contributed by atoms with Gasteiger partial charge in [-0.3, -0.25) is 14.8 Å². The van der Waals surface area contributed by atoms with Crippen molar-refractivity contribution in [2.75, 3.05) is 44.2 Å². The predicted octanol–water partition coefficient (Wildman–Crippen LogP) is 2.72. The topological polar surface area (TPSA) is 110 Å². The molecule has 2 saturated heterocycles. The molecule has 2 aliphatic rings. The van der Waals surface area contributed by atoms with Crippen LogP contribution in [0.3, 0.4) is 0 Å². The second-order valence-corrected chi connectivity index (χ2v) is 11.5. The van der Waals surface area contributed by atoms with E-state index in [1.165, 1.54) is 17.5 Å². The molecule has 1 aromatic rings. The first kappa shape index (κ1) is 31.1. The minimum absolute atomic E-state index is 0. The van der Waals surface area contributed by atoms with Crippen LogP contribution in [0.4, 0.5) is 18.9 Å². The van der Waals surface area contributed by atoms with Gasteiger partial charge in [0.15, 0.2) is 4.75 Å². The molecule has 0 aromatic heterocycles. The van der Waals surface area contributed by atoms with Gasteiger partial charge in [-0.05, 0) is 43.4 Å². The van der Waals surface area contributed by atoms with E-state index >= 15 is 0 Å². The Hall–Kier alpha value is -2.09. The van der Waals surface area contributed by atoms with Gasteiger partial charge in [0.25, 0.3) is 5.91 Å². The standard InChI is InChI=1S/C23H33F3N4O5S.ClH/c1-2-3-4-5-18-6-8-19(9-7-18)28-14-16-30(17-15-28)36(34,35)22(20(31)27-33)10-12-29(13-11-22)21(32)23(24,25)26;/h6-9,33H,2-5,10-17H2,1H3,(H,27,31);1H. The maximum Gasteiger partial charge on any atom is 0.471 e. The average Bonchev–Trinajstić information content (AvgIpc) is 2.88. The van der Waals surface area contributed by atoms with E-state index in [1.807, 2.05) is 17.0 Å². The fourth-order valence-electron chi connectivity index (χ4n) is 4.84. The van der Waals surface area contributed by atoms with Gasteiger partial charge in [0.05, 0.1) is 0 Å². The van der Waals surface area contributed by atoms with Gasteiger partial charge in [-0.2, -0.15) is 17.5 Å². The molecule has 2 fully saturated rings. The highest BCUT2D eigenvalue weighted by Crippen LogP contribution is 2.36. The SMILES string of the molecule is CCCCCc1ccc(N2CCN(S(=O)(=O)C3(C(=O)NO)CCN(C(=O)C(F)(F)F)CC3)CC2)cc1.Cl. The molecule has 2 heterocycles. The number of halogens is 4. The number of alkyl halides is 3. The first-order valence-corrected chi connectivity index (χ1v) is 13.5. The number of hydroxylamine groups is 1. The summed E-state index contributed by atoms with van der Waals surface area (Å²) in [7, 11) is -4.35. The van der Waals surface area contributed by atoms with Crippen molar-refractivity contribution in [2.45, 2.75) is 56.4 Å². The number of hydrogen-bond acceptors (Lipinski definition) is 6. The Bertz CT molecular complexity index is 1020. The van der Waals surface area contributed by atoms with Gasteiger partial charge in [-0.25, -0.2) is 13.9 Å². The highest BCUT2D eigenvalue weighted by Gasteiger charge is 2.56. The number of rotatable bonds is 8. The van der Waals surface area contributed by atoms with Gasteiger partial charge >= 0.3 is 12.1 Å². The van der Waals surface area contributed by atoms with Gasteiger partial charge in [0, 0.05) is 45.0 Å². The zero-order valence-corrected chi connectivity index (χ0v) is 22.3. The van der Waals surface area contributed by atoms with Crippen molar-refractivity contribution in [3.63, 3.8) is 0 Å². The third-order valence-corrected chi connectivity index (χ3v) is 9.69. The lowest BCUT2D eigenvalue weighted by atomic mass is 9.95. The molecule has 37 heavy (non-hydrogen) atoms. The third kappa shape index (κ3) is 6.68. The molecular formula is C23H34ClF3N4O5S. The van der Waals surface area contributed by atoms with Gasteiger partial charge in [-0.15, -0.1) is 12.4 Å². The van der Waals surface area contributed by atoms with Crippen LogP contribution in [0.15, 0.2) is 24.3 Å². The first-order valence-electron chi connectivity index (χ1n) is 12.1. The van der Waals surface area contributed by atoms with E-state index in [9.17, 15) is 36.4 Å². The van der Waals surface area contributed by atoms with E-state index in [-0.39, 0.29) is 25.5 Å². The number of piperazine rings is 1. The van der Waals surface area contributed by atoms with Crippen LogP contribution in [-0.4, -0.2) is 84.8 Å². The van der Waals surface area contributed by atoms with Crippen molar-refractivity contribution in [1.82, 2.24) is 14.7 Å². The molecule has 0 bridgehead atoms. The van der Waals surface area contributed by atoms with Crippen molar-refractivity contribution in [1.29, 1.82) is 0 Å². The Morgan fingerprint density at radius 1 is 1.00 bits per heavy atom. The lowest BCUT2D eigenvalue weighted by Crippen LogP contribution is -2.64. The van der Waals surface area contributed by atoms with Crippen LogP contribution in [0.5, 0.6) is 0 Å². The Balaban J connectivity index is 0.00000481. The normalized spacial score (nSPS) is 18.7. The zero-order valence-electron chi connectivity index (χ0n) is 20.7. The summed E-state index contributed by atoms with van der Waals surface area (Å²) in [5, 5.41) is 9.25. The lowest BCUT2D eigenvalue weighted by molar-refractivity contribution is -0.186. The molecule has 2 amide bonds. The van der Waals surface area contributed by atoms with Crippen LogP contribution in [-0.2, 0) is 26.0 Å². The fraction of sp³-hybridized carbons (Fsp3) is 0.652. The van der Waals surface area contributed by atoms with Crippen molar-refractivity contribution >= 4 is 39.9 Å². The van der Waals surface area contributed by atoms with Crippen molar-refractivity contribution < 1.29 is 36.4 Å². The minimum atomic E-state index is -5.10. The summed E-state index contributed by atoms with van der Waals surface area (Å²) in [6.07, 6.45) is -1.76. The van der Waals surface area contributed by atoms with Crippen LogP contribution >= 0.6 is 12.4 Å². The van der Waals surface area contributed by atoms with Crippen molar-refractivity contribution in [2.24, 2.45) is 0 Å². The number of likely N-dealkylation sites (tertiary alicyclic amines) is 1. The maximum atomic E-state index is 13.6. The first-order chi connectivity index (χ1) is 17.0. The Morgan fingerprint density at radius 2 is 1.57 bits per heavy atom. The van der Waals surface area contributed by atoms with Crippen LogP contribution in [0, 0.1) is 0 Å². The molecular weight excluding hydrogens is 537 g/mol. The number of nitrogens with zero attached hydrogens (tertiary/aromatic N) is 3. The second-order valence-electron chi connectivity index (χ2n) is 9.24. The highest BCUT2D eigenvalue weighted by molar-refractivity contribution is 7.91. The van der Waals surface area contributed by atoms with Gasteiger partial charge in [-0.1, -0.05) is 31.9 Å². The van der Waals surface area contributed by atoms with E-state index in [1.54, 1.807) is 0 Å². The van der Waals surface area contributed by atoms with Crippen molar-refractivity contribution in [3.05, 3.63) is 29.8 Å². The van der Waals surface area contributed by atoms with Crippen LogP contribution in [0.25, 0.3) is 0 Å². The van der Waals surface area contributed by atoms with Crippen LogP contribution in [0.2, 0.25) is 0 Å². The van der Waals surface area contributed by atoms with E-state index < -0.39 is 58.7 Å². The number of benzene rings is 1.